The lowest BCUT2D eigenvalue weighted by Gasteiger charge is -2.19. The molecule has 0 spiro atoms. The molecule has 0 bridgehead atoms. The molecular weight excluding hydrogens is 170 g/mol. The van der Waals surface area contributed by atoms with Gasteiger partial charge in [0, 0.05) is 26.9 Å². The molecule has 1 aliphatic rings. The van der Waals surface area contributed by atoms with Crippen LogP contribution in [0.3, 0.4) is 0 Å². The second-order valence-electron chi connectivity index (χ2n) is 3.27. The number of rotatable bonds is 2. The summed E-state index contributed by atoms with van der Waals surface area (Å²) < 4.78 is 0. The molecule has 1 saturated heterocycles. The third-order valence-corrected chi connectivity index (χ3v) is 1.99. The fourth-order valence-electron chi connectivity index (χ4n) is 1.50. The van der Waals surface area contributed by atoms with Crippen LogP contribution in [0.5, 0.6) is 0 Å². The maximum Gasteiger partial charge on any atom is 0.217 e. The first-order chi connectivity index (χ1) is 6.09. The average Bonchev–Trinajstić information content (AvgIpc) is 2.34. The van der Waals surface area contributed by atoms with E-state index >= 15 is 0 Å². The Labute approximate surface area is 77.3 Å². The third-order valence-electron chi connectivity index (χ3n) is 1.99. The minimum Gasteiger partial charge on any atom is -0.350 e. The van der Waals surface area contributed by atoms with Crippen molar-refractivity contribution < 1.29 is 9.59 Å². The maximum absolute atomic E-state index is 10.8. The molecule has 1 heterocycles. The van der Waals surface area contributed by atoms with Crippen molar-refractivity contribution in [2.75, 3.05) is 13.1 Å². The number of amides is 2. The van der Waals surface area contributed by atoms with E-state index in [-0.39, 0.29) is 23.9 Å². The highest BCUT2D eigenvalue weighted by Crippen LogP contribution is 1.99. The standard InChI is InChI=1S/C8H15N3O2/c1-5(12)10-7-3-9-4-8(7)11-6(2)13/h7-9H,3-4H2,1-2H3,(H,10,12)(H,11,13)/t7-,8-/m0/s1. The molecule has 1 fully saturated rings. The molecule has 0 aliphatic carbocycles. The van der Waals surface area contributed by atoms with Crippen LogP contribution in [-0.2, 0) is 9.59 Å². The Kier molecular flexibility index (Phi) is 3.25. The van der Waals surface area contributed by atoms with Gasteiger partial charge in [-0.05, 0) is 0 Å². The summed E-state index contributed by atoms with van der Waals surface area (Å²) in [5, 5.41) is 8.67. The molecule has 74 valence electrons. The van der Waals surface area contributed by atoms with E-state index in [1.54, 1.807) is 0 Å². The predicted molar refractivity (Wildman–Crippen MR) is 48.1 cm³/mol. The fraction of sp³-hybridized carbons (Fsp3) is 0.750. The van der Waals surface area contributed by atoms with Crippen LogP contribution in [0.25, 0.3) is 0 Å². The van der Waals surface area contributed by atoms with Crippen molar-refractivity contribution in [1.29, 1.82) is 0 Å². The zero-order valence-electron chi connectivity index (χ0n) is 7.89. The molecule has 0 unspecified atom stereocenters. The lowest BCUT2D eigenvalue weighted by Crippen LogP contribution is -2.49. The van der Waals surface area contributed by atoms with Crippen molar-refractivity contribution in [3.8, 4) is 0 Å². The van der Waals surface area contributed by atoms with Gasteiger partial charge in [-0.3, -0.25) is 9.59 Å². The molecule has 2 atom stereocenters. The van der Waals surface area contributed by atoms with Crippen LogP contribution in [-0.4, -0.2) is 37.0 Å². The second kappa shape index (κ2) is 4.23. The van der Waals surface area contributed by atoms with Gasteiger partial charge in [0.05, 0.1) is 12.1 Å². The van der Waals surface area contributed by atoms with Gasteiger partial charge in [0.25, 0.3) is 0 Å². The summed E-state index contributed by atoms with van der Waals surface area (Å²) in [5.41, 5.74) is 0. The zero-order valence-corrected chi connectivity index (χ0v) is 7.89. The molecule has 2 amide bonds. The van der Waals surface area contributed by atoms with E-state index in [4.69, 9.17) is 0 Å². The van der Waals surface area contributed by atoms with Gasteiger partial charge in [-0.2, -0.15) is 0 Å². The van der Waals surface area contributed by atoms with E-state index in [1.165, 1.54) is 13.8 Å². The van der Waals surface area contributed by atoms with E-state index in [1.807, 2.05) is 0 Å². The van der Waals surface area contributed by atoms with E-state index in [2.05, 4.69) is 16.0 Å². The topological polar surface area (TPSA) is 70.2 Å². The summed E-state index contributed by atoms with van der Waals surface area (Å²) in [5.74, 6) is -0.131. The smallest absolute Gasteiger partial charge is 0.217 e. The average molecular weight is 185 g/mol. The zero-order chi connectivity index (χ0) is 9.84. The Morgan fingerprint density at radius 3 is 1.77 bits per heavy atom. The van der Waals surface area contributed by atoms with Crippen LogP contribution >= 0.6 is 0 Å². The molecular formula is C8H15N3O2. The molecule has 0 saturated carbocycles. The van der Waals surface area contributed by atoms with Crippen molar-refractivity contribution in [3.05, 3.63) is 0 Å². The van der Waals surface area contributed by atoms with Crippen LogP contribution in [0.1, 0.15) is 13.8 Å². The van der Waals surface area contributed by atoms with Gasteiger partial charge in [0.1, 0.15) is 0 Å². The molecule has 5 nitrogen and oxygen atoms in total. The Hall–Kier alpha value is -1.10. The molecule has 0 radical (unpaired) electrons. The molecule has 13 heavy (non-hydrogen) atoms. The maximum atomic E-state index is 10.8. The number of hydrogen-bond donors (Lipinski definition) is 3. The Morgan fingerprint density at radius 2 is 1.46 bits per heavy atom. The largest absolute Gasteiger partial charge is 0.350 e. The first kappa shape index (κ1) is 9.98. The molecule has 5 heteroatoms. The normalized spacial score (nSPS) is 26.9. The van der Waals surface area contributed by atoms with E-state index < -0.39 is 0 Å². The summed E-state index contributed by atoms with van der Waals surface area (Å²) in [4.78, 5) is 21.6. The van der Waals surface area contributed by atoms with E-state index in [0.717, 1.165) is 0 Å². The number of carbonyl (C=O) groups excluding carboxylic acids is 2. The summed E-state index contributed by atoms with van der Waals surface area (Å²) in [6, 6.07) is 0.0304. The van der Waals surface area contributed by atoms with Gasteiger partial charge in [-0.1, -0.05) is 0 Å². The first-order valence-corrected chi connectivity index (χ1v) is 4.34. The highest BCUT2D eigenvalue weighted by Gasteiger charge is 2.27. The quantitative estimate of drug-likeness (QED) is 0.495. The predicted octanol–water partition coefficient (Wildman–Crippen LogP) is -1.40. The molecule has 3 N–H and O–H groups in total. The fourth-order valence-corrected chi connectivity index (χ4v) is 1.50. The highest BCUT2D eigenvalue weighted by molar-refractivity contribution is 5.75. The Balaban J connectivity index is 2.43. The van der Waals surface area contributed by atoms with Crippen molar-refractivity contribution in [3.63, 3.8) is 0 Å². The molecule has 1 rings (SSSR count). The second-order valence-corrected chi connectivity index (χ2v) is 3.27. The monoisotopic (exact) mass is 185 g/mol. The van der Waals surface area contributed by atoms with Crippen molar-refractivity contribution in [2.45, 2.75) is 25.9 Å². The van der Waals surface area contributed by atoms with Gasteiger partial charge in [0.15, 0.2) is 0 Å². The number of hydrogen-bond acceptors (Lipinski definition) is 3. The van der Waals surface area contributed by atoms with Crippen LogP contribution in [0.15, 0.2) is 0 Å². The summed E-state index contributed by atoms with van der Waals surface area (Å²) in [7, 11) is 0. The summed E-state index contributed by atoms with van der Waals surface area (Å²) in [6.07, 6.45) is 0. The van der Waals surface area contributed by atoms with Crippen LogP contribution in [0.2, 0.25) is 0 Å². The lowest BCUT2D eigenvalue weighted by molar-refractivity contribution is -0.122. The first-order valence-electron chi connectivity index (χ1n) is 4.34. The Bertz CT molecular complexity index is 195. The van der Waals surface area contributed by atoms with Crippen molar-refractivity contribution in [1.82, 2.24) is 16.0 Å². The minimum absolute atomic E-state index is 0.0152. The summed E-state index contributed by atoms with van der Waals surface area (Å²) in [6.45, 7) is 4.38. The van der Waals surface area contributed by atoms with Gasteiger partial charge in [-0.15, -0.1) is 0 Å². The van der Waals surface area contributed by atoms with Crippen LogP contribution in [0, 0.1) is 0 Å². The SMILES string of the molecule is CC(=O)N[C@H]1CNC[C@@H]1NC(C)=O. The van der Waals surface area contributed by atoms with E-state index in [0.29, 0.717) is 13.1 Å². The van der Waals surface area contributed by atoms with E-state index in [9.17, 15) is 9.59 Å². The third kappa shape index (κ3) is 3.02. The van der Waals surface area contributed by atoms with Crippen LogP contribution in [0.4, 0.5) is 0 Å². The molecule has 0 aromatic rings. The molecule has 0 aromatic carbocycles. The van der Waals surface area contributed by atoms with Crippen LogP contribution < -0.4 is 16.0 Å². The highest BCUT2D eigenvalue weighted by atomic mass is 16.2. The lowest BCUT2D eigenvalue weighted by atomic mass is 10.1. The van der Waals surface area contributed by atoms with Gasteiger partial charge >= 0.3 is 0 Å². The number of nitrogens with one attached hydrogen (secondary N) is 3. The number of carbonyl (C=O) groups is 2. The minimum atomic E-state index is -0.0657. The van der Waals surface area contributed by atoms with Gasteiger partial charge < -0.3 is 16.0 Å². The molecule has 0 aromatic heterocycles. The van der Waals surface area contributed by atoms with Crippen molar-refractivity contribution in [2.24, 2.45) is 0 Å². The van der Waals surface area contributed by atoms with Gasteiger partial charge in [0.2, 0.25) is 11.8 Å². The van der Waals surface area contributed by atoms with Crippen molar-refractivity contribution >= 4 is 11.8 Å². The molecule has 1 aliphatic heterocycles. The van der Waals surface area contributed by atoms with Gasteiger partial charge in [-0.25, -0.2) is 0 Å². The Morgan fingerprint density at radius 1 is 1.08 bits per heavy atom. The summed E-state index contributed by atoms with van der Waals surface area (Å²) >= 11 is 0.